The van der Waals surface area contributed by atoms with Crippen molar-refractivity contribution in [3.8, 4) is 50.2 Å². The highest BCUT2D eigenvalue weighted by molar-refractivity contribution is 6.14. The molecule has 0 saturated carbocycles. The van der Waals surface area contributed by atoms with Crippen LogP contribution < -0.4 is 4.90 Å². The van der Waals surface area contributed by atoms with E-state index in [4.69, 9.17) is 4.42 Å². The average molecular weight is 819 g/mol. The number of nitrogens with zero attached hydrogens (tertiary/aromatic N) is 2. The minimum absolute atomic E-state index is 0.858. The Hall–Kier alpha value is -8.40. The fourth-order valence-electron chi connectivity index (χ4n) is 9.77. The second-order valence-corrected chi connectivity index (χ2v) is 16.5. The molecule has 0 spiro atoms. The van der Waals surface area contributed by atoms with Gasteiger partial charge in [0, 0.05) is 49.6 Å². The van der Waals surface area contributed by atoms with Crippen molar-refractivity contribution in [2.75, 3.05) is 4.90 Å². The maximum atomic E-state index is 6.95. The zero-order chi connectivity index (χ0) is 42.6. The lowest BCUT2D eigenvalue weighted by Gasteiger charge is -2.30. The van der Waals surface area contributed by atoms with Gasteiger partial charge in [0.15, 0.2) is 0 Å². The van der Waals surface area contributed by atoms with Gasteiger partial charge in [-0.2, -0.15) is 0 Å². The number of aromatic nitrogens is 1. The SMILES string of the molecule is Cc1cc(N(c2cc(-c3ccccc3-n3c4ccccc4c4ccccc43)c3oc4ccccc4c3c2)c2ccc(-c3ccccc3)cc2-c2ccccc2)ccc1-c1ccccc1. The molecule has 64 heavy (non-hydrogen) atoms. The molecule has 0 fully saturated rings. The van der Waals surface area contributed by atoms with Crippen LogP contribution in [0.15, 0.2) is 241 Å². The van der Waals surface area contributed by atoms with Crippen molar-refractivity contribution in [3.63, 3.8) is 0 Å². The predicted molar refractivity (Wildman–Crippen MR) is 269 cm³/mol. The van der Waals surface area contributed by atoms with Gasteiger partial charge in [-0.25, -0.2) is 0 Å². The van der Waals surface area contributed by atoms with Crippen LogP contribution in [-0.4, -0.2) is 4.57 Å². The van der Waals surface area contributed by atoms with Crippen molar-refractivity contribution >= 4 is 60.8 Å². The summed E-state index contributed by atoms with van der Waals surface area (Å²) in [6.07, 6.45) is 0. The first-order chi connectivity index (χ1) is 31.7. The van der Waals surface area contributed by atoms with E-state index < -0.39 is 0 Å². The van der Waals surface area contributed by atoms with Crippen LogP contribution >= 0.6 is 0 Å². The molecule has 10 aromatic carbocycles. The van der Waals surface area contributed by atoms with Gasteiger partial charge in [-0.3, -0.25) is 0 Å². The van der Waals surface area contributed by atoms with E-state index in [9.17, 15) is 0 Å². The van der Waals surface area contributed by atoms with Gasteiger partial charge < -0.3 is 13.9 Å². The number of para-hydroxylation sites is 4. The topological polar surface area (TPSA) is 21.3 Å². The lowest BCUT2D eigenvalue weighted by molar-refractivity contribution is 0.670. The molecule has 12 rings (SSSR count). The molecule has 12 aromatic rings. The number of furan rings is 1. The smallest absolute Gasteiger partial charge is 0.143 e. The third kappa shape index (κ3) is 6.29. The molecular weight excluding hydrogens is 777 g/mol. The van der Waals surface area contributed by atoms with Crippen LogP contribution in [0, 0.1) is 6.92 Å². The standard InChI is InChI=1S/C61H42N2O/c1-41-37-46(34-35-48(41)43-21-7-3-8-22-43)62(59-36-33-45(42-19-5-2-6-20-42)38-53(59)44-23-9-4-10-24-44)47-39-54(61-55(40-47)52-28-14-18-32-60(52)64-61)51-27-13-17-31-58(51)63-56-29-15-11-25-49(56)50-26-12-16-30-57(50)63/h2-40H,1H3. The van der Waals surface area contributed by atoms with E-state index in [1.807, 2.05) is 0 Å². The van der Waals surface area contributed by atoms with Crippen LogP contribution in [0.5, 0.6) is 0 Å². The van der Waals surface area contributed by atoms with Gasteiger partial charge in [0.2, 0.25) is 0 Å². The van der Waals surface area contributed by atoms with Gasteiger partial charge in [-0.05, 0) is 101 Å². The van der Waals surface area contributed by atoms with Gasteiger partial charge in [0.1, 0.15) is 11.2 Å². The normalized spacial score (nSPS) is 11.5. The monoisotopic (exact) mass is 818 g/mol. The van der Waals surface area contributed by atoms with E-state index in [0.29, 0.717) is 0 Å². The number of benzene rings is 10. The minimum Gasteiger partial charge on any atom is -0.455 e. The predicted octanol–water partition coefficient (Wildman–Crippen LogP) is 17.1. The van der Waals surface area contributed by atoms with Crippen LogP contribution in [0.25, 0.3) is 93.9 Å². The Morgan fingerprint density at radius 2 is 0.938 bits per heavy atom. The fourth-order valence-corrected chi connectivity index (χ4v) is 9.77. The van der Waals surface area contributed by atoms with Crippen molar-refractivity contribution in [3.05, 3.63) is 242 Å². The summed E-state index contributed by atoms with van der Waals surface area (Å²) < 4.78 is 9.36. The summed E-state index contributed by atoms with van der Waals surface area (Å²) >= 11 is 0. The maximum absolute atomic E-state index is 6.95. The van der Waals surface area contributed by atoms with Gasteiger partial charge in [-0.1, -0.05) is 176 Å². The molecule has 3 nitrogen and oxygen atoms in total. The van der Waals surface area contributed by atoms with E-state index >= 15 is 0 Å². The average Bonchev–Trinajstić information content (AvgIpc) is 3.91. The van der Waals surface area contributed by atoms with Crippen molar-refractivity contribution in [1.29, 1.82) is 0 Å². The van der Waals surface area contributed by atoms with Gasteiger partial charge in [0.05, 0.1) is 22.4 Å². The molecule has 0 bridgehead atoms. The highest BCUT2D eigenvalue weighted by Gasteiger charge is 2.25. The summed E-state index contributed by atoms with van der Waals surface area (Å²) in [5, 5.41) is 4.59. The number of fused-ring (bicyclic) bond motifs is 6. The second-order valence-electron chi connectivity index (χ2n) is 16.5. The second kappa shape index (κ2) is 15.5. The largest absolute Gasteiger partial charge is 0.455 e. The third-order valence-corrected chi connectivity index (χ3v) is 12.7. The molecule has 0 amide bonds. The summed E-state index contributed by atoms with van der Waals surface area (Å²) in [4.78, 5) is 2.45. The molecule has 302 valence electrons. The van der Waals surface area contributed by atoms with Crippen LogP contribution in [-0.2, 0) is 0 Å². The number of anilines is 3. The Morgan fingerprint density at radius 3 is 1.62 bits per heavy atom. The number of hydrogen-bond acceptors (Lipinski definition) is 2. The summed E-state index contributed by atoms with van der Waals surface area (Å²) in [7, 11) is 0. The molecule has 0 atom stereocenters. The van der Waals surface area contributed by atoms with E-state index in [1.165, 1.54) is 33.0 Å². The lowest BCUT2D eigenvalue weighted by Crippen LogP contribution is -2.12. The van der Waals surface area contributed by atoms with Crippen LogP contribution in [0.4, 0.5) is 17.1 Å². The van der Waals surface area contributed by atoms with Crippen molar-refractivity contribution in [1.82, 2.24) is 4.57 Å². The van der Waals surface area contributed by atoms with Crippen molar-refractivity contribution < 1.29 is 4.42 Å². The quantitative estimate of drug-likeness (QED) is 0.152. The molecule has 0 N–H and O–H groups in total. The summed E-state index contributed by atoms with van der Waals surface area (Å²) in [6, 6.07) is 85.2. The van der Waals surface area contributed by atoms with E-state index in [0.717, 1.165) is 83.5 Å². The van der Waals surface area contributed by atoms with Gasteiger partial charge >= 0.3 is 0 Å². The summed E-state index contributed by atoms with van der Waals surface area (Å²) in [6.45, 7) is 2.22. The Kier molecular flexibility index (Phi) is 9.05. The molecule has 0 unspecified atom stereocenters. The fraction of sp³-hybridized carbons (Fsp3) is 0.0164. The molecule has 0 aliphatic heterocycles. The summed E-state index contributed by atoms with van der Waals surface area (Å²) in [5.41, 5.74) is 18.6. The molecule has 2 aromatic heterocycles. The number of aryl methyl sites for hydroxylation is 1. The molecular formula is C61H42N2O. The van der Waals surface area contributed by atoms with Crippen molar-refractivity contribution in [2.24, 2.45) is 0 Å². The molecule has 0 aliphatic carbocycles. The third-order valence-electron chi connectivity index (χ3n) is 12.7. The number of hydrogen-bond donors (Lipinski definition) is 0. The number of rotatable bonds is 8. The van der Waals surface area contributed by atoms with E-state index in [-0.39, 0.29) is 0 Å². The molecule has 0 saturated heterocycles. The highest BCUT2D eigenvalue weighted by atomic mass is 16.3. The first-order valence-corrected chi connectivity index (χ1v) is 21.9. The molecule has 0 aliphatic rings. The molecule has 2 heterocycles. The summed E-state index contributed by atoms with van der Waals surface area (Å²) in [5.74, 6) is 0. The van der Waals surface area contributed by atoms with Crippen LogP contribution in [0.1, 0.15) is 5.56 Å². The zero-order valence-electron chi connectivity index (χ0n) is 35.3. The Balaban J connectivity index is 1.16. The lowest BCUT2D eigenvalue weighted by atomic mass is 9.94. The maximum Gasteiger partial charge on any atom is 0.143 e. The van der Waals surface area contributed by atoms with E-state index in [2.05, 4.69) is 253 Å². The van der Waals surface area contributed by atoms with Crippen LogP contribution in [0.3, 0.4) is 0 Å². The van der Waals surface area contributed by atoms with Crippen molar-refractivity contribution in [2.45, 2.75) is 6.92 Å². The first-order valence-electron chi connectivity index (χ1n) is 21.9. The Bertz CT molecular complexity index is 3620. The van der Waals surface area contributed by atoms with E-state index in [1.54, 1.807) is 0 Å². The molecule has 3 heteroatoms. The Labute approximate surface area is 372 Å². The Morgan fingerprint density at radius 1 is 0.359 bits per heavy atom. The zero-order valence-corrected chi connectivity index (χ0v) is 35.3. The highest BCUT2D eigenvalue weighted by Crippen LogP contribution is 2.48. The minimum atomic E-state index is 0.858. The van der Waals surface area contributed by atoms with Gasteiger partial charge in [0.25, 0.3) is 0 Å². The molecule has 0 radical (unpaired) electrons. The van der Waals surface area contributed by atoms with Crippen LogP contribution in [0.2, 0.25) is 0 Å². The van der Waals surface area contributed by atoms with Gasteiger partial charge in [-0.15, -0.1) is 0 Å². The first kappa shape index (κ1) is 37.4.